The third kappa shape index (κ3) is 2.77. The molecule has 1 fully saturated rings. The van der Waals surface area contributed by atoms with Crippen molar-refractivity contribution in [1.82, 2.24) is 20.1 Å². The molecular weight excluding hydrogens is 278 g/mol. The minimum absolute atomic E-state index is 0.643. The van der Waals surface area contributed by atoms with Gasteiger partial charge in [-0.25, -0.2) is 4.98 Å². The third-order valence-corrected chi connectivity index (χ3v) is 5.10. The topological polar surface area (TPSA) is 53.9 Å². The van der Waals surface area contributed by atoms with Crippen LogP contribution in [-0.4, -0.2) is 41.2 Å². The van der Waals surface area contributed by atoms with Gasteiger partial charge in [-0.15, -0.1) is 21.5 Å². The van der Waals surface area contributed by atoms with Gasteiger partial charge in [-0.05, 0) is 26.9 Å². The van der Waals surface area contributed by atoms with Crippen LogP contribution in [-0.2, 0) is 6.54 Å². The van der Waals surface area contributed by atoms with Gasteiger partial charge in [-0.3, -0.25) is 0 Å². The van der Waals surface area contributed by atoms with E-state index in [1.165, 1.54) is 28.4 Å². The summed E-state index contributed by atoms with van der Waals surface area (Å²) < 4.78 is 0. The standard InChI is InChI=1S/C12H17N5S2/c1-13-12-16-15-11(19-12)10-9(7-4-5-7)14-8(18-10)6-17(2)3/h7H,4-6H2,1-3H3,(H,13,16). The van der Waals surface area contributed by atoms with Crippen molar-refractivity contribution < 1.29 is 0 Å². The zero-order chi connectivity index (χ0) is 13.4. The van der Waals surface area contributed by atoms with Crippen molar-refractivity contribution in [2.45, 2.75) is 25.3 Å². The summed E-state index contributed by atoms with van der Waals surface area (Å²) in [5.74, 6) is 0.643. The highest BCUT2D eigenvalue weighted by atomic mass is 32.1. The van der Waals surface area contributed by atoms with Crippen LogP contribution in [0.3, 0.4) is 0 Å². The van der Waals surface area contributed by atoms with Gasteiger partial charge in [-0.1, -0.05) is 11.3 Å². The summed E-state index contributed by atoms with van der Waals surface area (Å²) in [6, 6.07) is 0. The molecule has 1 aliphatic carbocycles. The fraction of sp³-hybridized carbons (Fsp3) is 0.583. The third-order valence-electron chi connectivity index (χ3n) is 2.95. The zero-order valence-electron chi connectivity index (χ0n) is 11.3. The van der Waals surface area contributed by atoms with Gasteiger partial charge >= 0.3 is 0 Å². The molecule has 0 unspecified atom stereocenters. The van der Waals surface area contributed by atoms with Gasteiger partial charge in [0.15, 0.2) is 5.01 Å². The van der Waals surface area contributed by atoms with E-state index in [0.29, 0.717) is 5.92 Å². The number of nitrogens with one attached hydrogen (secondary N) is 1. The minimum Gasteiger partial charge on any atom is -0.363 e. The number of hydrogen-bond acceptors (Lipinski definition) is 7. The lowest BCUT2D eigenvalue weighted by atomic mass is 10.2. The van der Waals surface area contributed by atoms with Crippen LogP contribution in [0.5, 0.6) is 0 Å². The molecule has 0 aliphatic heterocycles. The maximum absolute atomic E-state index is 4.82. The molecule has 2 aromatic rings. The smallest absolute Gasteiger partial charge is 0.205 e. The Balaban J connectivity index is 1.96. The van der Waals surface area contributed by atoms with Gasteiger partial charge in [0, 0.05) is 19.5 Å². The molecule has 0 spiro atoms. The summed E-state index contributed by atoms with van der Waals surface area (Å²) in [5, 5.41) is 14.5. The quantitative estimate of drug-likeness (QED) is 0.919. The Morgan fingerprint density at radius 2 is 2.05 bits per heavy atom. The maximum Gasteiger partial charge on any atom is 0.205 e. The second-order valence-corrected chi connectivity index (χ2v) is 7.06. The number of hydrogen-bond donors (Lipinski definition) is 1. The average Bonchev–Trinajstić information content (AvgIpc) is 2.96. The van der Waals surface area contributed by atoms with Crippen LogP contribution in [0.4, 0.5) is 5.13 Å². The Morgan fingerprint density at radius 3 is 2.63 bits per heavy atom. The fourth-order valence-electron chi connectivity index (χ4n) is 1.92. The van der Waals surface area contributed by atoms with Crippen molar-refractivity contribution >= 4 is 27.8 Å². The number of thiazole rings is 1. The normalized spacial score (nSPS) is 15.2. The summed E-state index contributed by atoms with van der Waals surface area (Å²) in [5.41, 5.74) is 1.24. The van der Waals surface area contributed by atoms with Crippen LogP contribution in [0.25, 0.3) is 9.88 Å². The minimum atomic E-state index is 0.643. The molecule has 19 heavy (non-hydrogen) atoms. The van der Waals surface area contributed by atoms with E-state index in [-0.39, 0.29) is 0 Å². The van der Waals surface area contributed by atoms with E-state index in [1.807, 2.05) is 7.05 Å². The molecule has 5 nitrogen and oxygen atoms in total. The summed E-state index contributed by atoms with van der Waals surface area (Å²) in [7, 11) is 6.01. The van der Waals surface area contributed by atoms with Crippen molar-refractivity contribution in [3.05, 3.63) is 10.7 Å². The van der Waals surface area contributed by atoms with Crippen molar-refractivity contribution in [2.24, 2.45) is 0 Å². The average molecular weight is 295 g/mol. The molecule has 3 rings (SSSR count). The molecule has 0 saturated heterocycles. The SMILES string of the molecule is CNc1nnc(-c2sc(CN(C)C)nc2C2CC2)s1. The van der Waals surface area contributed by atoms with Gasteiger partial charge in [-0.2, -0.15) is 0 Å². The molecule has 0 radical (unpaired) electrons. The molecule has 1 saturated carbocycles. The van der Waals surface area contributed by atoms with Crippen molar-refractivity contribution in [1.29, 1.82) is 0 Å². The van der Waals surface area contributed by atoms with Gasteiger partial charge in [0.1, 0.15) is 5.01 Å². The highest BCUT2D eigenvalue weighted by molar-refractivity contribution is 7.23. The molecule has 0 atom stereocenters. The lowest BCUT2D eigenvalue weighted by molar-refractivity contribution is 0.401. The summed E-state index contributed by atoms with van der Waals surface area (Å²) >= 11 is 3.36. The lowest BCUT2D eigenvalue weighted by Crippen LogP contribution is -2.10. The van der Waals surface area contributed by atoms with Gasteiger partial charge in [0.25, 0.3) is 0 Å². The molecule has 102 valence electrons. The summed E-state index contributed by atoms with van der Waals surface area (Å²) in [4.78, 5) is 8.19. The first-order valence-corrected chi connectivity index (χ1v) is 7.96. The predicted octanol–water partition coefficient (Wildman–Crippen LogP) is 2.64. The van der Waals surface area contributed by atoms with Crippen molar-refractivity contribution in [2.75, 3.05) is 26.5 Å². The van der Waals surface area contributed by atoms with E-state index in [1.54, 1.807) is 22.7 Å². The highest BCUT2D eigenvalue weighted by Crippen LogP contribution is 2.47. The van der Waals surface area contributed by atoms with Crippen molar-refractivity contribution in [3.8, 4) is 9.88 Å². The van der Waals surface area contributed by atoms with E-state index in [4.69, 9.17) is 4.98 Å². The summed E-state index contributed by atoms with van der Waals surface area (Å²) in [6.07, 6.45) is 2.52. The second-order valence-electron chi connectivity index (χ2n) is 5.00. The lowest BCUT2D eigenvalue weighted by Gasteiger charge is -2.04. The van der Waals surface area contributed by atoms with Crippen molar-refractivity contribution in [3.63, 3.8) is 0 Å². The first kappa shape index (κ1) is 13.0. The fourth-order valence-corrected chi connectivity index (χ4v) is 3.96. The van der Waals surface area contributed by atoms with Gasteiger partial charge in [0.05, 0.1) is 10.6 Å². The number of nitrogens with zero attached hydrogens (tertiary/aromatic N) is 4. The Hall–Kier alpha value is -1.05. The number of anilines is 1. The number of rotatable bonds is 5. The first-order valence-electron chi connectivity index (χ1n) is 6.33. The largest absolute Gasteiger partial charge is 0.363 e. The Bertz CT molecular complexity index is 570. The van der Waals surface area contributed by atoms with Crippen LogP contribution < -0.4 is 5.32 Å². The Morgan fingerprint density at radius 1 is 1.26 bits per heavy atom. The Kier molecular flexibility index (Phi) is 3.51. The predicted molar refractivity (Wildman–Crippen MR) is 79.9 cm³/mol. The zero-order valence-corrected chi connectivity index (χ0v) is 12.9. The molecule has 0 amide bonds. The molecule has 7 heteroatoms. The monoisotopic (exact) mass is 295 g/mol. The van der Waals surface area contributed by atoms with Gasteiger partial charge < -0.3 is 10.2 Å². The highest BCUT2D eigenvalue weighted by Gasteiger charge is 2.31. The van der Waals surface area contributed by atoms with E-state index >= 15 is 0 Å². The first-order chi connectivity index (χ1) is 9.17. The van der Waals surface area contributed by atoms with Crippen LogP contribution in [0.1, 0.15) is 29.5 Å². The second kappa shape index (κ2) is 5.15. The molecule has 1 N–H and O–H groups in total. The molecule has 1 aliphatic rings. The molecule has 2 heterocycles. The van der Waals surface area contributed by atoms with Crippen LogP contribution >= 0.6 is 22.7 Å². The maximum atomic E-state index is 4.82. The van der Waals surface area contributed by atoms with Crippen LogP contribution in [0.2, 0.25) is 0 Å². The van der Waals surface area contributed by atoms with E-state index in [9.17, 15) is 0 Å². The summed E-state index contributed by atoms with van der Waals surface area (Å²) in [6.45, 7) is 0.891. The molecule has 0 aromatic carbocycles. The molecule has 2 aromatic heterocycles. The van der Waals surface area contributed by atoms with Crippen LogP contribution in [0, 0.1) is 0 Å². The van der Waals surface area contributed by atoms with E-state index in [2.05, 4.69) is 34.5 Å². The van der Waals surface area contributed by atoms with Gasteiger partial charge in [0.2, 0.25) is 5.13 Å². The van der Waals surface area contributed by atoms with Crippen LogP contribution in [0.15, 0.2) is 0 Å². The Labute approximate surface area is 120 Å². The molecular formula is C12H17N5S2. The van der Waals surface area contributed by atoms with E-state index in [0.717, 1.165) is 16.7 Å². The van der Waals surface area contributed by atoms with E-state index < -0.39 is 0 Å². The molecule has 0 bridgehead atoms. The number of aromatic nitrogens is 3.